The molecule has 0 unspecified atom stereocenters. The van der Waals surface area contributed by atoms with Crippen molar-refractivity contribution in [2.24, 2.45) is 0 Å². The highest BCUT2D eigenvalue weighted by Gasteiger charge is 2.21. The van der Waals surface area contributed by atoms with E-state index in [1.54, 1.807) is 21.3 Å². The number of hydrogen-bond donors (Lipinski definition) is 1. The number of hydrogen-bond acceptors (Lipinski definition) is 7. The Balaban J connectivity index is 1.29. The van der Waals surface area contributed by atoms with E-state index in [-0.39, 0.29) is 5.91 Å². The number of benzene rings is 2. The molecule has 35 heavy (non-hydrogen) atoms. The van der Waals surface area contributed by atoms with E-state index in [0.29, 0.717) is 18.7 Å². The van der Waals surface area contributed by atoms with Gasteiger partial charge in [0, 0.05) is 62.7 Å². The van der Waals surface area contributed by atoms with Gasteiger partial charge >= 0.3 is 0 Å². The molecule has 4 rings (SSSR count). The molecule has 8 nitrogen and oxygen atoms in total. The summed E-state index contributed by atoms with van der Waals surface area (Å²) in [4.78, 5) is 17.1. The van der Waals surface area contributed by atoms with Crippen LogP contribution in [-0.4, -0.2) is 78.1 Å². The zero-order valence-electron chi connectivity index (χ0n) is 20.8. The van der Waals surface area contributed by atoms with E-state index in [1.807, 2.05) is 24.3 Å². The normalized spacial score (nSPS) is 16.4. The van der Waals surface area contributed by atoms with E-state index in [4.69, 9.17) is 18.9 Å². The number of anilines is 2. The number of carbonyl (C=O) groups is 1. The zero-order chi connectivity index (χ0) is 24.6. The van der Waals surface area contributed by atoms with E-state index >= 15 is 0 Å². The van der Waals surface area contributed by atoms with Crippen molar-refractivity contribution in [2.75, 3.05) is 77.5 Å². The van der Waals surface area contributed by atoms with Crippen LogP contribution in [0, 0.1) is 0 Å². The Morgan fingerprint density at radius 2 is 1.66 bits per heavy atom. The highest BCUT2D eigenvalue weighted by atomic mass is 16.5. The Labute approximate surface area is 207 Å². The average Bonchev–Trinajstić information content (AvgIpc) is 2.92. The molecule has 2 aromatic carbocycles. The first-order valence-electron chi connectivity index (χ1n) is 12.1. The molecule has 2 aromatic rings. The van der Waals surface area contributed by atoms with Crippen molar-refractivity contribution in [3.05, 3.63) is 48.0 Å². The molecule has 0 aliphatic carbocycles. The van der Waals surface area contributed by atoms with E-state index < -0.39 is 0 Å². The predicted octanol–water partition coefficient (Wildman–Crippen LogP) is 3.67. The second kappa shape index (κ2) is 12.0. The van der Waals surface area contributed by atoms with Crippen LogP contribution >= 0.6 is 0 Å². The molecule has 0 bridgehead atoms. The second-order valence-corrected chi connectivity index (χ2v) is 8.63. The number of morpholine rings is 1. The number of nitrogens with one attached hydrogen (secondary N) is 1. The van der Waals surface area contributed by atoms with E-state index in [1.165, 1.54) is 5.57 Å². The zero-order valence-corrected chi connectivity index (χ0v) is 20.8. The third-order valence-corrected chi connectivity index (χ3v) is 6.51. The van der Waals surface area contributed by atoms with Gasteiger partial charge in [-0.05, 0) is 36.3 Å². The highest BCUT2D eigenvalue weighted by molar-refractivity contribution is 5.91. The number of rotatable bonds is 9. The number of ether oxygens (including phenoxy) is 4. The van der Waals surface area contributed by atoms with Gasteiger partial charge in [0.2, 0.25) is 5.91 Å². The van der Waals surface area contributed by atoms with E-state index in [9.17, 15) is 4.79 Å². The van der Waals surface area contributed by atoms with Crippen molar-refractivity contribution in [1.82, 2.24) is 4.90 Å². The number of amides is 1. The molecule has 0 atom stereocenters. The molecule has 8 heteroatoms. The predicted molar refractivity (Wildman–Crippen MR) is 138 cm³/mol. The monoisotopic (exact) mass is 481 g/mol. The van der Waals surface area contributed by atoms with Gasteiger partial charge < -0.3 is 29.2 Å². The van der Waals surface area contributed by atoms with Gasteiger partial charge in [0.15, 0.2) is 0 Å². The molecule has 0 spiro atoms. The third kappa shape index (κ3) is 6.26. The highest BCUT2D eigenvalue weighted by Crippen LogP contribution is 2.40. The summed E-state index contributed by atoms with van der Waals surface area (Å²) < 4.78 is 22.0. The lowest BCUT2D eigenvalue weighted by Gasteiger charge is -2.29. The Hall–Kier alpha value is -3.23. The topological polar surface area (TPSA) is 72.5 Å². The van der Waals surface area contributed by atoms with Crippen molar-refractivity contribution >= 4 is 22.9 Å². The maximum atomic E-state index is 12.5. The summed E-state index contributed by atoms with van der Waals surface area (Å²) in [5, 5.41) is 3.02. The fourth-order valence-electron chi connectivity index (χ4n) is 4.52. The lowest BCUT2D eigenvalue weighted by Crippen LogP contribution is -2.36. The minimum absolute atomic E-state index is 0.0254. The van der Waals surface area contributed by atoms with Crippen LogP contribution in [0.4, 0.5) is 11.4 Å². The van der Waals surface area contributed by atoms with Gasteiger partial charge in [-0.1, -0.05) is 6.08 Å². The largest absolute Gasteiger partial charge is 0.496 e. The van der Waals surface area contributed by atoms with Crippen molar-refractivity contribution in [1.29, 1.82) is 0 Å². The van der Waals surface area contributed by atoms with E-state index in [0.717, 1.165) is 74.3 Å². The van der Waals surface area contributed by atoms with Crippen LogP contribution in [0.25, 0.3) is 5.57 Å². The number of nitrogens with zero attached hydrogens (tertiary/aromatic N) is 2. The molecular formula is C27H35N3O5. The van der Waals surface area contributed by atoms with Gasteiger partial charge in [0.1, 0.15) is 17.2 Å². The summed E-state index contributed by atoms with van der Waals surface area (Å²) in [5.74, 6) is 2.19. The molecule has 1 fully saturated rings. The summed E-state index contributed by atoms with van der Waals surface area (Å²) in [7, 11) is 4.94. The SMILES string of the molecule is COc1cc(OC)c(C2=CCN(CCC(=O)Nc3ccc(N4CCOCC4)cc3)CC2)c(OC)c1. The van der Waals surface area contributed by atoms with Gasteiger partial charge in [0.25, 0.3) is 0 Å². The Morgan fingerprint density at radius 1 is 0.971 bits per heavy atom. The molecule has 0 saturated carbocycles. The maximum Gasteiger partial charge on any atom is 0.225 e. The second-order valence-electron chi connectivity index (χ2n) is 8.63. The van der Waals surface area contributed by atoms with Crippen molar-refractivity contribution < 1.29 is 23.7 Å². The summed E-state index contributed by atoms with van der Waals surface area (Å²) in [5.41, 5.74) is 4.13. The van der Waals surface area contributed by atoms with Crippen LogP contribution in [0.2, 0.25) is 0 Å². The average molecular weight is 482 g/mol. The van der Waals surface area contributed by atoms with Crippen LogP contribution in [0.3, 0.4) is 0 Å². The summed E-state index contributed by atoms with van der Waals surface area (Å²) in [6.45, 7) is 5.66. The van der Waals surface area contributed by atoms with Gasteiger partial charge in [-0.15, -0.1) is 0 Å². The molecule has 0 aromatic heterocycles. The first kappa shape index (κ1) is 24.9. The van der Waals surface area contributed by atoms with Gasteiger partial charge in [0.05, 0.1) is 40.1 Å². The smallest absolute Gasteiger partial charge is 0.225 e. The molecule has 1 amide bonds. The Bertz CT molecular complexity index is 1010. The first-order valence-corrected chi connectivity index (χ1v) is 12.1. The molecule has 2 heterocycles. The quantitative estimate of drug-likeness (QED) is 0.586. The first-order chi connectivity index (χ1) is 17.1. The molecule has 1 N–H and O–H groups in total. The number of methoxy groups -OCH3 is 3. The summed E-state index contributed by atoms with van der Waals surface area (Å²) >= 11 is 0. The van der Waals surface area contributed by atoms with Crippen molar-refractivity contribution in [2.45, 2.75) is 12.8 Å². The Kier molecular flexibility index (Phi) is 8.50. The van der Waals surface area contributed by atoms with E-state index in [2.05, 4.69) is 33.3 Å². The minimum Gasteiger partial charge on any atom is -0.496 e. The van der Waals surface area contributed by atoms with Crippen LogP contribution in [-0.2, 0) is 9.53 Å². The molecule has 188 valence electrons. The summed E-state index contributed by atoms with van der Waals surface area (Å²) in [6.07, 6.45) is 3.49. The van der Waals surface area contributed by atoms with Crippen LogP contribution in [0.15, 0.2) is 42.5 Å². The van der Waals surface area contributed by atoms with Gasteiger partial charge in [-0.2, -0.15) is 0 Å². The maximum absolute atomic E-state index is 12.5. The summed E-state index contributed by atoms with van der Waals surface area (Å²) in [6, 6.07) is 11.8. The van der Waals surface area contributed by atoms with Crippen LogP contribution in [0.1, 0.15) is 18.4 Å². The molecule has 0 radical (unpaired) electrons. The fourth-order valence-corrected chi connectivity index (χ4v) is 4.52. The molecule has 2 aliphatic rings. The standard InChI is InChI=1S/C27H35N3O5/c1-32-23-18-24(33-2)27(25(19-23)34-3)20-8-11-29(12-9-20)13-10-26(31)28-21-4-6-22(7-5-21)30-14-16-35-17-15-30/h4-8,18-19H,9-17H2,1-3H3,(H,28,31). The van der Waals surface area contributed by atoms with Crippen molar-refractivity contribution in [3.63, 3.8) is 0 Å². The fraction of sp³-hybridized carbons (Fsp3) is 0.444. The molecular weight excluding hydrogens is 446 g/mol. The van der Waals surface area contributed by atoms with Crippen molar-refractivity contribution in [3.8, 4) is 17.2 Å². The van der Waals surface area contributed by atoms with Gasteiger partial charge in [-0.3, -0.25) is 9.69 Å². The lowest BCUT2D eigenvalue weighted by atomic mass is 9.97. The Morgan fingerprint density at radius 3 is 2.23 bits per heavy atom. The third-order valence-electron chi connectivity index (χ3n) is 6.51. The van der Waals surface area contributed by atoms with Crippen LogP contribution < -0.4 is 24.4 Å². The molecule has 2 aliphatic heterocycles. The van der Waals surface area contributed by atoms with Crippen LogP contribution in [0.5, 0.6) is 17.2 Å². The lowest BCUT2D eigenvalue weighted by molar-refractivity contribution is -0.116. The minimum atomic E-state index is 0.0254. The number of carbonyl (C=O) groups excluding carboxylic acids is 1. The molecule has 1 saturated heterocycles. The van der Waals surface area contributed by atoms with Gasteiger partial charge in [-0.25, -0.2) is 0 Å².